The van der Waals surface area contributed by atoms with Gasteiger partial charge in [0.05, 0.1) is 6.42 Å². The van der Waals surface area contributed by atoms with Gasteiger partial charge in [-0.15, -0.1) is 6.58 Å². The van der Waals surface area contributed by atoms with Crippen LogP contribution in [0.4, 0.5) is 0 Å². The second-order valence-electron chi connectivity index (χ2n) is 2.46. The predicted octanol–water partition coefficient (Wildman–Crippen LogP) is -1.07. The lowest BCUT2D eigenvalue weighted by molar-refractivity contribution is -0.143. The van der Waals surface area contributed by atoms with E-state index in [1.807, 2.05) is 0 Å². The first-order valence-electron chi connectivity index (χ1n) is 3.88. The zero-order chi connectivity index (χ0) is 13.4. The molecule has 16 heavy (non-hydrogen) atoms. The average molecular weight is 255 g/mol. The molecule has 0 spiro atoms. The van der Waals surface area contributed by atoms with Crippen molar-refractivity contribution in [3.8, 4) is 0 Å². The van der Waals surface area contributed by atoms with Crippen molar-refractivity contribution in [2.45, 2.75) is 11.7 Å². The molecule has 1 unspecified atom stereocenters. The van der Waals surface area contributed by atoms with E-state index in [1.165, 1.54) is 0 Å². The molecule has 0 rings (SSSR count). The van der Waals surface area contributed by atoms with E-state index in [0.29, 0.717) is 6.54 Å². The van der Waals surface area contributed by atoms with Crippen molar-refractivity contribution >= 4 is 22.1 Å². The maximum atomic E-state index is 10.2. The van der Waals surface area contributed by atoms with Crippen molar-refractivity contribution in [3.63, 3.8) is 0 Å². The van der Waals surface area contributed by atoms with Crippen LogP contribution in [0.1, 0.15) is 6.42 Å². The Morgan fingerprint density at radius 1 is 1.38 bits per heavy atom. The second kappa shape index (κ2) is 7.79. The van der Waals surface area contributed by atoms with Crippen molar-refractivity contribution in [1.82, 2.24) is 0 Å². The molecule has 1 atom stereocenters. The molecular formula is C7H13NO7S. The van der Waals surface area contributed by atoms with Gasteiger partial charge in [0.1, 0.15) is 0 Å². The average Bonchev–Trinajstić information content (AvgIpc) is 2.12. The number of carboxylic acids is 2. The summed E-state index contributed by atoms with van der Waals surface area (Å²) in [5.41, 5.74) is 4.91. The summed E-state index contributed by atoms with van der Waals surface area (Å²) in [7, 11) is -4.84. The van der Waals surface area contributed by atoms with Gasteiger partial charge in [0, 0.05) is 6.54 Å². The highest BCUT2D eigenvalue weighted by Crippen LogP contribution is 2.04. The van der Waals surface area contributed by atoms with Gasteiger partial charge >= 0.3 is 11.9 Å². The summed E-state index contributed by atoms with van der Waals surface area (Å²) in [4.78, 5) is 20.0. The SMILES string of the molecule is C=CCN.O=C(O)CC(C(=O)O)S(=O)(=O)O. The van der Waals surface area contributed by atoms with Crippen LogP contribution >= 0.6 is 0 Å². The van der Waals surface area contributed by atoms with Crippen molar-refractivity contribution in [3.05, 3.63) is 12.7 Å². The third-order valence-electron chi connectivity index (χ3n) is 1.16. The standard InChI is InChI=1S/C4H6O7S.C3H7N/c5-3(6)1-2(4(7)8)12(9,10)11;1-2-3-4/h2H,1H2,(H,5,6)(H,7,8)(H,9,10,11);2H,1,3-4H2. The minimum absolute atomic E-state index is 0.583. The summed E-state index contributed by atoms with van der Waals surface area (Å²) in [6.07, 6.45) is 0.494. The molecule has 0 aliphatic carbocycles. The molecule has 8 nitrogen and oxygen atoms in total. The lowest BCUT2D eigenvalue weighted by Gasteiger charge is -2.04. The van der Waals surface area contributed by atoms with Gasteiger partial charge in [0.15, 0.2) is 5.25 Å². The molecular weight excluding hydrogens is 242 g/mol. The minimum Gasteiger partial charge on any atom is -0.481 e. The minimum atomic E-state index is -4.84. The maximum Gasteiger partial charge on any atom is 0.325 e. The lowest BCUT2D eigenvalue weighted by atomic mass is 10.3. The van der Waals surface area contributed by atoms with E-state index in [9.17, 15) is 18.0 Å². The molecule has 0 saturated carbocycles. The Labute approximate surface area is 92.1 Å². The smallest absolute Gasteiger partial charge is 0.325 e. The molecule has 0 bridgehead atoms. The normalized spacial score (nSPS) is 11.9. The highest BCUT2D eigenvalue weighted by Gasteiger charge is 2.33. The summed E-state index contributed by atoms with van der Waals surface area (Å²) >= 11 is 0. The van der Waals surface area contributed by atoms with Gasteiger partial charge in [-0.1, -0.05) is 6.08 Å². The van der Waals surface area contributed by atoms with Crippen LogP contribution in [0.5, 0.6) is 0 Å². The zero-order valence-corrected chi connectivity index (χ0v) is 9.05. The molecule has 0 radical (unpaired) electrons. The van der Waals surface area contributed by atoms with Gasteiger partial charge in [-0.25, -0.2) is 0 Å². The van der Waals surface area contributed by atoms with E-state index in [4.69, 9.17) is 20.5 Å². The molecule has 0 aliphatic rings. The Hall–Kier alpha value is -1.45. The van der Waals surface area contributed by atoms with Crippen LogP contribution in [-0.2, 0) is 19.7 Å². The van der Waals surface area contributed by atoms with Gasteiger partial charge in [0.25, 0.3) is 10.1 Å². The van der Waals surface area contributed by atoms with E-state index >= 15 is 0 Å². The Bertz CT molecular complexity index is 348. The molecule has 5 N–H and O–H groups in total. The molecule has 0 amide bonds. The van der Waals surface area contributed by atoms with Crippen LogP contribution in [0.3, 0.4) is 0 Å². The van der Waals surface area contributed by atoms with Crippen LogP contribution in [0.2, 0.25) is 0 Å². The van der Waals surface area contributed by atoms with Crippen molar-refractivity contribution in [1.29, 1.82) is 0 Å². The fraction of sp³-hybridized carbons (Fsp3) is 0.429. The van der Waals surface area contributed by atoms with E-state index in [0.717, 1.165) is 0 Å². The first kappa shape index (κ1) is 17.0. The van der Waals surface area contributed by atoms with Crippen molar-refractivity contribution in [2.75, 3.05) is 6.54 Å². The first-order chi connectivity index (χ1) is 7.16. The Balaban J connectivity index is 0. The van der Waals surface area contributed by atoms with Gasteiger partial charge in [0.2, 0.25) is 0 Å². The van der Waals surface area contributed by atoms with Gasteiger partial charge in [-0.2, -0.15) is 8.42 Å². The van der Waals surface area contributed by atoms with Crippen LogP contribution in [-0.4, -0.2) is 46.9 Å². The van der Waals surface area contributed by atoms with Gasteiger partial charge in [-0.3, -0.25) is 14.1 Å². The number of rotatable bonds is 5. The second-order valence-corrected chi connectivity index (χ2v) is 4.06. The highest BCUT2D eigenvalue weighted by atomic mass is 32.2. The number of hydrogen-bond donors (Lipinski definition) is 4. The molecule has 0 aromatic heterocycles. The van der Waals surface area contributed by atoms with Crippen LogP contribution in [0, 0.1) is 0 Å². The molecule has 0 saturated heterocycles. The molecule has 0 heterocycles. The van der Waals surface area contributed by atoms with Gasteiger partial charge in [-0.05, 0) is 0 Å². The third kappa shape index (κ3) is 9.12. The van der Waals surface area contributed by atoms with E-state index in [-0.39, 0.29) is 0 Å². The number of carboxylic acid groups (broad SMARTS) is 2. The summed E-state index contributed by atoms with van der Waals surface area (Å²) < 4.78 is 28.7. The predicted molar refractivity (Wildman–Crippen MR) is 54.5 cm³/mol. The van der Waals surface area contributed by atoms with E-state index in [2.05, 4.69) is 6.58 Å². The Kier molecular flexibility index (Phi) is 8.26. The highest BCUT2D eigenvalue weighted by molar-refractivity contribution is 7.87. The quantitative estimate of drug-likeness (QED) is 0.357. The molecule has 0 aliphatic heterocycles. The molecule has 0 aromatic carbocycles. The third-order valence-corrected chi connectivity index (χ3v) is 2.25. The fourth-order valence-electron chi connectivity index (χ4n) is 0.479. The van der Waals surface area contributed by atoms with Gasteiger partial charge < -0.3 is 15.9 Å². The summed E-state index contributed by atoms with van der Waals surface area (Å²) in [5.74, 6) is -3.50. The number of carbonyl (C=O) groups is 2. The number of nitrogens with two attached hydrogens (primary N) is 1. The molecule has 0 aromatic rings. The first-order valence-corrected chi connectivity index (χ1v) is 5.39. The maximum absolute atomic E-state index is 10.2. The van der Waals surface area contributed by atoms with Crippen LogP contribution in [0.15, 0.2) is 12.7 Å². The van der Waals surface area contributed by atoms with E-state index < -0.39 is 33.7 Å². The summed E-state index contributed by atoms with van der Waals surface area (Å²) in [6, 6.07) is 0. The summed E-state index contributed by atoms with van der Waals surface area (Å²) in [5, 5.41) is 13.9. The Morgan fingerprint density at radius 2 is 1.75 bits per heavy atom. The fourth-order valence-corrected chi connectivity index (χ4v) is 1.09. The largest absolute Gasteiger partial charge is 0.481 e. The topological polar surface area (TPSA) is 155 Å². The van der Waals surface area contributed by atoms with Crippen LogP contribution < -0.4 is 5.73 Å². The van der Waals surface area contributed by atoms with Crippen molar-refractivity contribution < 1.29 is 32.8 Å². The number of hydrogen-bond acceptors (Lipinski definition) is 5. The van der Waals surface area contributed by atoms with E-state index in [1.54, 1.807) is 6.08 Å². The molecule has 9 heteroatoms. The van der Waals surface area contributed by atoms with Crippen LogP contribution in [0.25, 0.3) is 0 Å². The molecule has 0 fully saturated rings. The number of aliphatic carboxylic acids is 2. The summed E-state index contributed by atoms with van der Waals surface area (Å²) in [6.45, 7) is 3.94. The lowest BCUT2D eigenvalue weighted by Crippen LogP contribution is -2.31. The van der Waals surface area contributed by atoms with Crippen molar-refractivity contribution in [2.24, 2.45) is 5.73 Å². The monoisotopic (exact) mass is 255 g/mol. The molecule has 94 valence electrons. The zero-order valence-electron chi connectivity index (χ0n) is 8.24. The Morgan fingerprint density at radius 3 is 1.81 bits per heavy atom.